The van der Waals surface area contributed by atoms with Gasteiger partial charge in [0.15, 0.2) is 0 Å². The summed E-state index contributed by atoms with van der Waals surface area (Å²) in [7, 11) is 0. The Balaban J connectivity index is 3.03. The van der Waals surface area contributed by atoms with Crippen molar-refractivity contribution >= 4 is 11.6 Å². The van der Waals surface area contributed by atoms with E-state index in [-0.39, 0.29) is 6.04 Å². The summed E-state index contributed by atoms with van der Waals surface area (Å²) in [5.74, 6) is 5.44. The SMILES string of the molecule is CCC(NN)c1cc(Cl)ccc1C. The normalized spacial score (nSPS) is 12.9. The average molecular weight is 199 g/mol. The van der Waals surface area contributed by atoms with Gasteiger partial charge in [-0.3, -0.25) is 11.3 Å². The first-order valence-electron chi connectivity index (χ1n) is 4.41. The molecule has 1 aromatic rings. The van der Waals surface area contributed by atoms with E-state index in [0.717, 1.165) is 11.4 Å². The van der Waals surface area contributed by atoms with Crippen molar-refractivity contribution in [2.24, 2.45) is 5.84 Å². The van der Waals surface area contributed by atoms with Gasteiger partial charge in [0.25, 0.3) is 0 Å². The van der Waals surface area contributed by atoms with E-state index in [2.05, 4.69) is 19.3 Å². The van der Waals surface area contributed by atoms with Crippen LogP contribution < -0.4 is 11.3 Å². The number of nitrogens with one attached hydrogen (secondary N) is 1. The predicted molar refractivity (Wildman–Crippen MR) is 56.5 cm³/mol. The molecule has 0 aliphatic heterocycles. The van der Waals surface area contributed by atoms with Crippen LogP contribution in [0.3, 0.4) is 0 Å². The number of hydrogen-bond donors (Lipinski definition) is 2. The maximum Gasteiger partial charge on any atom is 0.0460 e. The molecule has 1 aromatic carbocycles. The Morgan fingerprint density at radius 3 is 2.77 bits per heavy atom. The zero-order valence-corrected chi connectivity index (χ0v) is 8.73. The van der Waals surface area contributed by atoms with Crippen LogP contribution in [0.5, 0.6) is 0 Å². The minimum atomic E-state index is 0.193. The highest BCUT2D eigenvalue weighted by molar-refractivity contribution is 6.30. The van der Waals surface area contributed by atoms with Gasteiger partial charge < -0.3 is 0 Å². The van der Waals surface area contributed by atoms with E-state index in [9.17, 15) is 0 Å². The third kappa shape index (κ3) is 2.44. The first-order chi connectivity index (χ1) is 6.19. The van der Waals surface area contributed by atoms with Crippen molar-refractivity contribution in [3.8, 4) is 0 Å². The second-order valence-corrected chi connectivity index (χ2v) is 3.56. The molecular weight excluding hydrogens is 184 g/mol. The standard InChI is InChI=1S/C10H15ClN2/c1-3-10(13-12)9-6-8(11)5-4-7(9)2/h4-6,10,13H,3,12H2,1-2H3. The monoisotopic (exact) mass is 198 g/mol. The molecule has 1 atom stereocenters. The van der Waals surface area contributed by atoms with E-state index in [1.54, 1.807) is 0 Å². The van der Waals surface area contributed by atoms with E-state index in [0.29, 0.717) is 0 Å². The lowest BCUT2D eigenvalue weighted by Crippen LogP contribution is -2.27. The van der Waals surface area contributed by atoms with Gasteiger partial charge in [0.2, 0.25) is 0 Å². The molecule has 0 bridgehead atoms. The summed E-state index contributed by atoms with van der Waals surface area (Å²) in [5.41, 5.74) is 5.17. The number of rotatable bonds is 3. The van der Waals surface area contributed by atoms with Gasteiger partial charge in [0, 0.05) is 11.1 Å². The summed E-state index contributed by atoms with van der Waals surface area (Å²) in [6.45, 7) is 4.15. The fraction of sp³-hybridized carbons (Fsp3) is 0.400. The molecule has 0 aliphatic rings. The smallest absolute Gasteiger partial charge is 0.0460 e. The Hall–Kier alpha value is -0.570. The molecule has 1 unspecified atom stereocenters. The van der Waals surface area contributed by atoms with Gasteiger partial charge in [-0.15, -0.1) is 0 Å². The highest BCUT2D eigenvalue weighted by Crippen LogP contribution is 2.23. The molecule has 1 rings (SSSR count). The number of nitrogens with two attached hydrogens (primary N) is 1. The van der Waals surface area contributed by atoms with E-state index in [1.165, 1.54) is 11.1 Å². The summed E-state index contributed by atoms with van der Waals surface area (Å²) in [6, 6.07) is 6.06. The molecule has 0 fully saturated rings. The molecule has 0 spiro atoms. The lowest BCUT2D eigenvalue weighted by atomic mass is 10.00. The molecule has 0 saturated heterocycles. The quantitative estimate of drug-likeness (QED) is 0.579. The molecule has 0 radical (unpaired) electrons. The third-order valence-electron chi connectivity index (χ3n) is 2.23. The summed E-state index contributed by atoms with van der Waals surface area (Å²) in [4.78, 5) is 0. The van der Waals surface area contributed by atoms with Crippen molar-refractivity contribution in [1.82, 2.24) is 5.43 Å². The van der Waals surface area contributed by atoms with Gasteiger partial charge in [-0.2, -0.15) is 0 Å². The molecule has 13 heavy (non-hydrogen) atoms. The molecule has 0 heterocycles. The molecular formula is C10H15ClN2. The van der Waals surface area contributed by atoms with E-state index in [1.807, 2.05) is 18.2 Å². The Bertz CT molecular complexity index is 282. The molecule has 0 aliphatic carbocycles. The minimum Gasteiger partial charge on any atom is -0.271 e. The topological polar surface area (TPSA) is 38.0 Å². The van der Waals surface area contributed by atoms with Crippen molar-refractivity contribution in [2.45, 2.75) is 26.3 Å². The molecule has 72 valence electrons. The Labute approximate surface area is 84.1 Å². The Kier molecular flexibility index (Phi) is 3.72. The predicted octanol–water partition coefficient (Wildman–Crippen LogP) is 2.56. The van der Waals surface area contributed by atoms with Crippen molar-refractivity contribution in [1.29, 1.82) is 0 Å². The average Bonchev–Trinajstić information content (AvgIpc) is 2.13. The zero-order valence-electron chi connectivity index (χ0n) is 7.97. The van der Waals surface area contributed by atoms with Crippen LogP contribution in [0.15, 0.2) is 18.2 Å². The van der Waals surface area contributed by atoms with Crippen LogP contribution in [0.4, 0.5) is 0 Å². The first kappa shape index (κ1) is 10.5. The van der Waals surface area contributed by atoms with Crippen molar-refractivity contribution < 1.29 is 0 Å². The van der Waals surface area contributed by atoms with E-state index >= 15 is 0 Å². The fourth-order valence-electron chi connectivity index (χ4n) is 1.41. The van der Waals surface area contributed by atoms with Crippen LogP contribution in [0.1, 0.15) is 30.5 Å². The lowest BCUT2D eigenvalue weighted by molar-refractivity contribution is 0.537. The summed E-state index contributed by atoms with van der Waals surface area (Å²) >= 11 is 5.91. The molecule has 0 amide bonds. The second kappa shape index (κ2) is 4.61. The van der Waals surface area contributed by atoms with Crippen molar-refractivity contribution in [3.05, 3.63) is 34.3 Å². The Morgan fingerprint density at radius 1 is 1.54 bits per heavy atom. The van der Waals surface area contributed by atoms with Crippen LogP contribution in [0.2, 0.25) is 5.02 Å². The zero-order chi connectivity index (χ0) is 9.84. The van der Waals surface area contributed by atoms with Crippen LogP contribution >= 0.6 is 11.6 Å². The molecule has 3 heteroatoms. The Morgan fingerprint density at radius 2 is 2.23 bits per heavy atom. The van der Waals surface area contributed by atoms with Gasteiger partial charge in [0.1, 0.15) is 0 Å². The van der Waals surface area contributed by atoms with Crippen molar-refractivity contribution in [2.75, 3.05) is 0 Å². The van der Waals surface area contributed by atoms with E-state index < -0.39 is 0 Å². The molecule has 0 aromatic heterocycles. The van der Waals surface area contributed by atoms with Crippen LogP contribution in [-0.2, 0) is 0 Å². The van der Waals surface area contributed by atoms with Gasteiger partial charge >= 0.3 is 0 Å². The minimum absolute atomic E-state index is 0.193. The molecule has 3 N–H and O–H groups in total. The van der Waals surface area contributed by atoms with E-state index in [4.69, 9.17) is 17.4 Å². The number of halogens is 1. The van der Waals surface area contributed by atoms with Gasteiger partial charge in [0.05, 0.1) is 0 Å². The van der Waals surface area contributed by atoms with Crippen molar-refractivity contribution in [3.63, 3.8) is 0 Å². The molecule has 2 nitrogen and oxygen atoms in total. The lowest BCUT2D eigenvalue weighted by Gasteiger charge is -2.16. The summed E-state index contributed by atoms with van der Waals surface area (Å²) in [6.07, 6.45) is 0.956. The maximum atomic E-state index is 5.91. The number of hydrogen-bond acceptors (Lipinski definition) is 2. The van der Waals surface area contributed by atoms with Crippen LogP contribution in [0.25, 0.3) is 0 Å². The highest BCUT2D eigenvalue weighted by Gasteiger charge is 2.09. The molecule has 0 saturated carbocycles. The maximum absolute atomic E-state index is 5.91. The van der Waals surface area contributed by atoms with Crippen LogP contribution in [0, 0.1) is 6.92 Å². The van der Waals surface area contributed by atoms with Gasteiger partial charge in [-0.25, -0.2) is 0 Å². The van der Waals surface area contributed by atoms with Gasteiger partial charge in [-0.1, -0.05) is 24.6 Å². The number of hydrazine groups is 1. The highest BCUT2D eigenvalue weighted by atomic mass is 35.5. The largest absolute Gasteiger partial charge is 0.271 e. The van der Waals surface area contributed by atoms with Crippen LogP contribution in [-0.4, -0.2) is 0 Å². The summed E-state index contributed by atoms with van der Waals surface area (Å²) in [5, 5.41) is 0.759. The fourth-order valence-corrected chi connectivity index (χ4v) is 1.59. The third-order valence-corrected chi connectivity index (χ3v) is 2.46. The second-order valence-electron chi connectivity index (χ2n) is 3.13. The number of aryl methyl sites for hydroxylation is 1. The number of benzene rings is 1. The van der Waals surface area contributed by atoms with Gasteiger partial charge in [-0.05, 0) is 36.6 Å². The first-order valence-corrected chi connectivity index (χ1v) is 4.79. The summed E-state index contributed by atoms with van der Waals surface area (Å²) < 4.78 is 0.